The highest BCUT2D eigenvalue weighted by Crippen LogP contribution is 2.33. The molecule has 2 rings (SSSR count). The van der Waals surface area contributed by atoms with Crippen molar-refractivity contribution in [2.24, 2.45) is 11.8 Å². The molecule has 1 aromatic carbocycles. The summed E-state index contributed by atoms with van der Waals surface area (Å²) in [5.41, 5.74) is 1.34. The van der Waals surface area contributed by atoms with Crippen LogP contribution in [0.5, 0.6) is 0 Å². The lowest BCUT2D eigenvalue weighted by Gasteiger charge is -2.29. The molecule has 1 aliphatic rings. The summed E-state index contributed by atoms with van der Waals surface area (Å²) in [4.78, 5) is 11.5. The van der Waals surface area contributed by atoms with Crippen molar-refractivity contribution < 1.29 is 4.79 Å². The van der Waals surface area contributed by atoms with Crippen LogP contribution in [0.2, 0.25) is 0 Å². The summed E-state index contributed by atoms with van der Waals surface area (Å²) in [6, 6.07) is 10.5. The standard InChI is InChI=1S/C14H18OS/c15-14(16)13-9-5-4-8-12(13)10-11-6-2-1-3-7-11/h1-3,6-7,12-13H,4-5,8-10H2,(H,15,16). The van der Waals surface area contributed by atoms with Gasteiger partial charge in [0.2, 0.25) is 0 Å². The minimum absolute atomic E-state index is 0.0839. The van der Waals surface area contributed by atoms with Crippen LogP contribution < -0.4 is 0 Å². The van der Waals surface area contributed by atoms with E-state index in [1.807, 2.05) is 6.07 Å². The monoisotopic (exact) mass is 234 g/mol. The van der Waals surface area contributed by atoms with Gasteiger partial charge in [-0.15, -0.1) is 12.6 Å². The van der Waals surface area contributed by atoms with Crippen molar-refractivity contribution in [2.75, 3.05) is 0 Å². The second-order valence-electron chi connectivity index (χ2n) is 4.68. The molecule has 0 radical (unpaired) electrons. The Labute approximate surface area is 103 Å². The smallest absolute Gasteiger partial charge is 0.189 e. The first-order chi connectivity index (χ1) is 7.77. The predicted molar refractivity (Wildman–Crippen MR) is 69.6 cm³/mol. The highest BCUT2D eigenvalue weighted by atomic mass is 32.1. The Morgan fingerprint density at radius 2 is 1.88 bits per heavy atom. The Balaban J connectivity index is 2.04. The SMILES string of the molecule is O=C(S)C1CCCCC1Cc1ccccc1. The molecule has 16 heavy (non-hydrogen) atoms. The lowest BCUT2D eigenvalue weighted by Crippen LogP contribution is -2.26. The van der Waals surface area contributed by atoms with Crippen LogP contribution in [0.1, 0.15) is 31.2 Å². The molecule has 0 aliphatic heterocycles. The van der Waals surface area contributed by atoms with E-state index < -0.39 is 0 Å². The van der Waals surface area contributed by atoms with Crippen molar-refractivity contribution in [1.29, 1.82) is 0 Å². The largest absolute Gasteiger partial charge is 0.287 e. The summed E-state index contributed by atoms with van der Waals surface area (Å²) >= 11 is 4.03. The Kier molecular flexibility index (Phi) is 4.05. The van der Waals surface area contributed by atoms with Crippen LogP contribution in [0.3, 0.4) is 0 Å². The fourth-order valence-corrected chi connectivity index (χ4v) is 3.03. The quantitative estimate of drug-likeness (QED) is 0.792. The molecule has 2 atom stereocenters. The van der Waals surface area contributed by atoms with Gasteiger partial charge in [0.15, 0.2) is 5.12 Å². The zero-order valence-electron chi connectivity index (χ0n) is 9.43. The highest BCUT2D eigenvalue weighted by molar-refractivity contribution is 7.96. The highest BCUT2D eigenvalue weighted by Gasteiger charge is 2.28. The molecule has 0 aromatic heterocycles. The van der Waals surface area contributed by atoms with E-state index in [4.69, 9.17) is 0 Å². The summed E-state index contributed by atoms with van der Waals surface area (Å²) < 4.78 is 0. The number of carbonyl (C=O) groups excluding carboxylic acids is 1. The maximum Gasteiger partial charge on any atom is 0.189 e. The second-order valence-corrected chi connectivity index (χ2v) is 5.12. The molecule has 0 heterocycles. The predicted octanol–water partition coefficient (Wildman–Crippen LogP) is 3.49. The van der Waals surface area contributed by atoms with Gasteiger partial charge in [0, 0.05) is 5.92 Å². The third kappa shape index (κ3) is 2.88. The Bertz CT molecular complexity index is 347. The summed E-state index contributed by atoms with van der Waals surface area (Å²) in [5, 5.41) is 0.0839. The summed E-state index contributed by atoms with van der Waals surface area (Å²) in [6.07, 6.45) is 5.67. The second kappa shape index (κ2) is 5.53. The molecule has 2 unspecified atom stereocenters. The number of thiol groups is 1. The van der Waals surface area contributed by atoms with Gasteiger partial charge in [-0.2, -0.15) is 0 Å². The van der Waals surface area contributed by atoms with Gasteiger partial charge in [0.25, 0.3) is 0 Å². The normalized spacial score (nSPS) is 25.3. The molecular formula is C14H18OS. The minimum atomic E-state index is 0.0839. The fourth-order valence-electron chi connectivity index (χ4n) is 2.69. The molecule has 0 spiro atoms. The summed E-state index contributed by atoms with van der Waals surface area (Å²) in [5.74, 6) is 0.679. The maximum absolute atomic E-state index is 11.5. The van der Waals surface area contributed by atoms with Gasteiger partial charge < -0.3 is 0 Å². The number of hydrogen-bond donors (Lipinski definition) is 1. The van der Waals surface area contributed by atoms with Gasteiger partial charge in [0.05, 0.1) is 0 Å². The molecule has 0 saturated heterocycles. The average Bonchev–Trinajstić information content (AvgIpc) is 2.31. The van der Waals surface area contributed by atoms with Gasteiger partial charge in [0.1, 0.15) is 0 Å². The van der Waals surface area contributed by atoms with Gasteiger partial charge in [-0.05, 0) is 30.7 Å². The molecule has 1 saturated carbocycles. The maximum atomic E-state index is 11.5. The first-order valence-electron chi connectivity index (χ1n) is 6.04. The molecule has 0 N–H and O–H groups in total. The van der Waals surface area contributed by atoms with Gasteiger partial charge in [-0.3, -0.25) is 4.79 Å². The van der Waals surface area contributed by atoms with Crippen LogP contribution >= 0.6 is 12.6 Å². The third-order valence-electron chi connectivity index (χ3n) is 3.57. The van der Waals surface area contributed by atoms with Crippen LogP contribution in [-0.4, -0.2) is 5.12 Å². The molecule has 0 bridgehead atoms. The number of benzene rings is 1. The molecule has 0 amide bonds. The lowest BCUT2D eigenvalue weighted by atomic mass is 9.77. The summed E-state index contributed by atoms with van der Waals surface area (Å²) in [7, 11) is 0. The van der Waals surface area contributed by atoms with Crippen molar-refractivity contribution in [1.82, 2.24) is 0 Å². The van der Waals surface area contributed by atoms with E-state index >= 15 is 0 Å². The molecule has 1 aromatic rings. The molecule has 1 nitrogen and oxygen atoms in total. The lowest BCUT2D eigenvalue weighted by molar-refractivity contribution is -0.116. The minimum Gasteiger partial charge on any atom is -0.287 e. The van der Waals surface area contributed by atoms with Gasteiger partial charge >= 0.3 is 0 Å². The van der Waals surface area contributed by atoms with E-state index in [2.05, 4.69) is 36.9 Å². The molecule has 2 heteroatoms. The van der Waals surface area contributed by atoms with Crippen LogP contribution in [-0.2, 0) is 11.2 Å². The van der Waals surface area contributed by atoms with E-state index in [-0.39, 0.29) is 11.0 Å². The van der Waals surface area contributed by atoms with Crippen LogP contribution in [0.4, 0.5) is 0 Å². The van der Waals surface area contributed by atoms with Crippen molar-refractivity contribution in [3.63, 3.8) is 0 Å². The zero-order valence-corrected chi connectivity index (χ0v) is 10.3. The van der Waals surface area contributed by atoms with Gasteiger partial charge in [-0.1, -0.05) is 43.2 Å². The van der Waals surface area contributed by atoms with Crippen LogP contribution in [0.25, 0.3) is 0 Å². The molecule has 1 aliphatic carbocycles. The van der Waals surface area contributed by atoms with Crippen molar-refractivity contribution in [3.05, 3.63) is 35.9 Å². The van der Waals surface area contributed by atoms with E-state index in [1.54, 1.807) is 0 Å². The Hall–Kier alpha value is -0.760. The summed E-state index contributed by atoms with van der Waals surface area (Å²) in [6.45, 7) is 0. The number of carbonyl (C=O) groups is 1. The van der Waals surface area contributed by atoms with E-state index in [0.717, 1.165) is 12.8 Å². The first-order valence-corrected chi connectivity index (χ1v) is 6.49. The third-order valence-corrected chi connectivity index (χ3v) is 3.90. The zero-order chi connectivity index (χ0) is 11.4. The van der Waals surface area contributed by atoms with Crippen molar-refractivity contribution in [3.8, 4) is 0 Å². The van der Waals surface area contributed by atoms with E-state index in [0.29, 0.717) is 5.92 Å². The number of rotatable bonds is 3. The molecule has 86 valence electrons. The Morgan fingerprint density at radius 1 is 1.19 bits per heavy atom. The fraction of sp³-hybridized carbons (Fsp3) is 0.500. The van der Waals surface area contributed by atoms with E-state index in [9.17, 15) is 4.79 Å². The topological polar surface area (TPSA) is 17.1 Å². The Morgan fingerprint density at radius 3 is 2.56 bits per heavy atom. The average molecular weight is 234 g/mol. The van der Waals surface area contributed by atoms with Crippen LogP contribution in [0, 0.1) is 11.8 Å². The van der Waals surface area contributed by atoms with E-state index in [1.165, 1.54) is 24.8 Å². The van der Waals surface area contributed by atoms with Crippen molar-refractivity contribution in [2.45, 2.75) is 32.1 Å². The van der Waals surface area contributed by atoms with Crippen LogP contribution in [0.15, 0.2) is 30.3 Å². The molecular weight excluding hydrogens is 216 g/mol. The van der Waals surface area contributed by atoms with Crippen molar-refractivity contribution >= 4 is 17.7 Å². The molecule has 1 fully saturated rings. The first kappa shape index (κ1) is 11.7. The van der Waals surface area contributed by atoms with Gasteiger partial charge in [-0.25, -0.2) is 0 Å². The number of hydrogen-bond acceptors (Lipinski definition) is 1.